The predicted octanol–water partition coefficient (Wildman–Crippen LogP) is 2.57. The van der Waals surface area contributed by atoms with E-state index in [2.05, 4.69) is 24.4 Å². The van der Waals surface area contributed by atoms with E-state index in [1.165, 1.54) is 11.8 Å². The molecule has 33 heavy (non-hydrogen) atoms. The zero-order valence-electron chi connectivity index (χ0n) is 18.3. The van der Waals surface area contributed by atoms with Crippen molar-refractivity contribution in [1.29, 1.82) is 0 Å². The lowest BCUT2D eigenvalue weighted by Crippen LogP contribution is -2.39. The van der Waals surface area contributed by atoms with Gasteiger partial charge in [-0.1, -0.05) is 37.3 Å². The molecule has 0 spiro atoms. The number of carboxylic acid groups (broad SMARTS) is 3. The Morgan fingerprint density at radius 1 is 0.970 bits per heavy atom. The molecular weight excluding hydrogens is 434 g/mol. The van der Waals surface area contributed by atoms with Gasteiger partial charge in [0.2, 0.25) is 0 Å². The van der Waals surface area contributed by atoms with Crippen molar-refractivity contribution in [3.8, 4) is 0 Å². The van der Waals surface area contributed by atoms with Gasteiger partial charge >= 0.3 is 23.9 Å². The van der Waals surface area contributed by atoms with Crippen molar-refractivity contribution in [1.82, 2.24) is 5.32 Å². The zero-order chi connectivity index (χ0) is 24.6. The summed E-state index contributed by atoms with van der Waals surface area (Å²) in [6.07, 6.45) is 3.94. The lowest BCUT2D eigenvalue weighted by atomic mass is 9.99. The third-order valence-electron chi connectivity index (χ3n) is 4.57. The van der Waals surface area contributed by atoms with Gasteiger partial charge in [0.25, 0.3) is 0 Å². The molecule has 1 heterocycles. The normalized spacial score (nSPS) is 12.0. The number of hydrogen-bond donors (Lipinski definition) is 4. The number of carboxylic acids is 3. The van der Waals surface area contributed by atoms with Crippen LogP contribution < -0.4 is 5.32 Å². The second-order valence-corrected chi connectivity index (χ2v) is 7.31. The molecule has 1 aromatic heterocycles. The van der Waals surface area contributed by atoms with Crippen molar-refractivity contribution >= 4 is 23.9 Å². The number of carbonyl (C=O) groups is 4. The number of rotatable bonds is 12. The van der Waals surface area contributed by atoms with E-state index >= 15 is 0 Å². The SMILES string of the molecule is CC(CCOC(=O)C(CC(=O)O)NCc1ccco1)CCc1ccccc1.O=C(O)C(=O)O. The van der Waals surface area contributed by atoms with Gasteiger partial charge in [0.05, 0.1) is 25.8 Å². The fourth-order valence-corrected chi connectivity index (χ4v) is 2.71. The highest BCUT2D eigenvalue weighted by Crippen LogP contribution is 2.13. The first kappa shape index (κ1) is 27.4. The number of hydrogen-bond acceptors (Lipinski definition) is 7. The van der Waals surface area contributed by atoms with Crippen molar-refractivity contribution in [3.63, 3.8) is 0 Å². The number of furan rings is 1. The lowest BCUT2D eigenvalue weighted by molar-refractivity contribution is -0.159. The zero-order valence-corrected chi connectivity index (χ0v) is 18.3. The van der Waals surface area contributed by atoms with E-state index in [4.69, 9.17) is 34.1 Å². The molecule has 0 bridgehead atoms. The van der Waals surface area contributed by atoms with E-state index in [1.54, 1.807) is 12.1 Å². The number of benzene rings is 1. The fourth-order valence-electron chi connectivity index (χ4n) is 2.71. The summed E-state index contributed by atoms with van der Waals surface area (Å²) in [4.78, 5) is 41.4. The Kier molecular flexibility index (Phi) is 12.6. The van der Waals surface area contributed by atoms with Gasteiger partial charge in [-0.15, -0.1) is 0 Å². The second kappa shape index (κ2) is 15.2. The molecule has 0 aliphatic heterocycles. The van der Waals surface area contributed by atoms with E-state index in [0.717, 1.165) is 19.3 Å². The predicted molar refractivity (Wildman–Crippen MR) is 116 cm³/mol. The van der Waals surface area contributed by atoms with E-state index < -0.39 is 29.9 Å². The molecule has 0 aliphatic carbocycles. The topological polar surface area (TPSA) is 163 Å². The minimum Gasteiger partial charge on any atom is -0.481 e. The Balaban J connectivity index is 0.000000801. The summed E-state index contributed by atoms with van der Waals surface area (Å²) in [5.74, 6) is -4.20. The average Bonchev–Trinajstić information content (AvgIpc) is 3.29. The largest absolute Gasteiger partial charge is 0.481 e. The number of aryl methyl sites for hydroxylation is 1. The molecule has 10 nitrogen and oxygen atoms in total. The summed E-state index contributed by atoms with van der Waals surface area (Å²) in [6, 6.07) is 12.9. The molecule has 0 saturated heterocycles. The highest BCUT2D eigenvalue weighted by Gasteiger charge is 2.23. The van der Waals surface area contributed by atoms with Gasteiger partial charge < -0.3 is 24.5 Å². The lowest BCUT2D eigenvalue weighted by Gasteiger charge is -2.17. The van der Waals surface area contributed by atoms with E-state index in [0.29, 0.717) is 11.7 Å². The van der Waals surface area contributed by atoms with Gasteiger partial charge in [-0.3, -0.25) is 14.9 Å². The van der Waals surface area contributed by atoms with Crippen LogP contribution in [0.25, 0.3) is 0 Å². The van der Waals surface area contributed by atoms with Crippen LogP contribution in [0.4, 0.5) is 0 Å². The van der Waals surface area contributed by atoms with Crippen LogP contribution in [0.5, 0.6) is 0 Å². The van der Waals surface area contributed by atoms with E-state index in [1.807, 2.05) is 18.2 Å². The quantitative estimate of drug-likeness (QED) is 0.272. The van der Waals surface area contributed by atoms with Crippen LogP contribution in [0.1, 0.15) is 37.5 Å². The first-order valence-corrected chi connectivity index (χ1v) is 10.3. The maximum absolute atomic E-state index is 12.2. The summed E-state index contributed by atoms with van der Waals surface area (Å²) in [5.41, 5.74) is 1.30. The van der Waals surface area contributed by atoms with Crippen LogP contribution in [0.15, 0.2) is 53.1 Å². The number of aliphatic carboxylic acids is 3. The first-order chi connectivity index (χ1) is 15.7. The molecule has 180 valence electrons. The molecule has 0 saturated carbocycles. The van der Waals surface area contributed by atoms with Crippen LogP contribution in [0.2, 0.25) is 0 Å². The van der Waals surface area contributed by atoms with Gasteiger partial charge in [0, 0.05) is 0 Å². The summed E-state index contributed by atoms with van der Waals surface area (Å²) in [5, 5.41) is 26.7. The molecule has 0 aliphatic rings. The summed E-state index contributed by atoms with van der Waals surface area (Å²) in [6.45, 7) is 2.68. The van der Waals surface area contributed by atoms with Crippen LogP contribution >= 0.6 is 0 Å². The Hall–Kier alpha value is -3.66. The smallest absolute Gasteiger partial charge is 0.414 e. The van der Waals surface area contributed by atoms with Crippen LogP contribution in [0, 0.1) is 5.92 Å². The molecule has 10 heteroatoms. The average molecular weight is 463 g/mol. The standard InChI is InChI=1S/C21H27NO5.C2H2O4/c1-16(9-10-17-6-3-2-4-7-17)11-13-27-21(25)19(14-20(23)24)22-15-18-8-5-12-26-18;3-1(4)2(5)6/h2-8,12,16,19,22H,9-11,13-15H2,1H3,(H,23,24);(H,3,4)(H,5,6). The van der Waals surface area contributed by atoms with Crippen molar-refractivity contribution in [2.75, 3.05) is 6.61 Å². The Bertz CT molecular complexity index is 853. The number of esters is 1. The summed E-state index contributed by atoms with van der Waals surface area (Å²) in [7, 11) is 0. The molecule has 0 radical (unpaired) electrons. The minimum atomic E-state index is -1.82. The molecular formula is C23H29NO9. The molecule has 2 atom stereocenters. The number of nitrogens with one attached hydrogen (secondary N) is 1. The molecule has 2 rings (SSSR count). The van der Waals surface area contributed by atoms with E-state index in [9.17, 15) is 9.59 Å². The Labute approximate surface area is 191 Å². The number of ether oxygens (including phenoxy) is 1. The molecule has 0 fully saturated rings. The minimum absolute atomic E-state index is 0.271. The maximum atomic E-state index is 12.2. The third kappa shape index (κ3) is 12.7. The van der Waals surface area contributed by atoms with Crippen LogP contribution in [0.3, 0.4) is 0 Å². The summed E-state index contributed by atoms with van der Waals surface area (Å²) < 4.78 is 10.5. The molecule has 2 unspecified atom stereocenters. The van der Waals surface area contributed by atoms with E-state index in [-0.39, 0.29) is 19.6 Å². The van der Waals surface area contributed by atoms with Crippen molar-refractivity contribution in [3.05, 3.63) is 60.1 Å². The van der Waals surface area contributed by atoms with Gasteiger partial charge in [0.1, 0.15) is 11.8 Å². The molecule has 0 amide bonds. The Morgan fingerprint density at radius 3 is 2.18 bits per heavy atom. The highest BCUT2D eigenvalue weighted by atomic mass is 16.5. The Morgan fingerprint density at radius 2 is 1.64 bits per heavy atom. The molecule has 4 N–H and O–H groups in total. The van der Waals surface area contributed by atoms with Gasteiger partial charge in [0.15, 0.2) is 0 Å². The number of carbonyl (C=O) groups excluding carboxylic acids is 1. The monoisotopic (exact) mass is 463 g/mol. The van der Waals surface area contributed by atoms with Crippen molar-refractivity contribution < 1.29 is 43.7 Å². The molecule has 2 aromatic rings. The molecule has 1 aromatic carbocycles. The van der Waals surface area contributed by atoms with Crippen molar-refractivity contribution in [2.24, 2.45) is 5.92 Å². The van der Waals surface area contributed by atoms with Crippen LogP contribution in [-0.2, 0) is 36.9 Å². The van der Waals surface area contributed by atoms with Gasteiger partial charge in [-0.05, 0) is 42.9 Å². The van der Waals surface area contributed by atoms with Gasteiger partial charge in [-0.25, -0.2) is 9.59 Å². The van der Waals surface area contributed by atoms with Gasteiger partial charge in [-0.2, -0.15) is 0 Å². The first-order valence-electron chi connectivity index (χ1n) is 10.3. The summed E-state index contributed by atoms with van der Waals surface area (Å²) >= 11 is 0. The second-order valence-electron chi connectivity index (χ2n) is 7.31. The third-order valence-corrected chi connectivity index (χ3v) is 4.57. The van der Waals surface area contributed by atoms with Crippen molar-refractivity contribution in [2.45, 2.75) is 45.2 Å². The fraction of sp³-hybridized carbons (Fsp3) is 0.391. The maximum Gasteiger partial charge on any atom is 0.414 e. The van der Waals surface area contributed by atoms with Crippen LogP contribution in [-0.4, -0.2) is 51.8 Å². The highest BCUT2D eigenvalue weighted by molar-refractivity contribution is 6.27.